The van der Waals surface area contributed by atoms with E-state index in [1.807, 2.05) is 0 Å². The van der Waals surface area contributed by atoms with Crippen molar-refractivity contribution in [1.82, 2.24) is 0 Å². The van der Waals surface area contributed by atoms with Gasteiger partial charge < -0.3 is 10.3 Å². The number of fused-ring (bicyclic) bond motifs is 3. The summed E-state index contributed by atoms with van der Waals surface area (Å²) in [5.41, 5.74) is 1.46. The predicted molar refractivity (Wildman–Crippen MR) is 68.1 cm³/mol. The van der Waals surface area contributed by atoms with E-state index < -0.39 is 18.8 Å². The van der Waals surface area contributed by atoms with E-state index in [9.17, 15) is 18.2 Å². The normalized spacial score (nSPS) is 13.6. The van der Waals surface area contributed by atoms with Crippen molar-refractivity contribution in [2.45, 2.75) is 6.18 Å². The second-order valence-electron chi connectivity index (χ2n) is 4.39. The lowest BCUT2D eigenvalue weighted by molar-refractivity contribution is -0.137. The number of hydrogen-bond acceptors (Lipinski definition) is 2. The smallest absolute Gasteiger partial charge is 0.429 e. The lowest BCUT2D eigenvalue weighted by Gasteiger charge is -2.24. The van der Waals surface area contributed by atoms with Crippen LogP contribution in [0, 0.1) is 0 Å². The van der Waals surface area contributed by atoms with Crippen LogP contribution in [0.3, 0.4) is 0 Å². The Morgan fingerprint density at radius 1 is 1.00 bits per heavy atom. The molecule has 1 aliphatic rings. The minimum Gasteiger partial charge on any atom is -0.429 e. The first-order valence-electron chi connectivity index (χ1n) is 5.72. The maximum absolute atomic E-state index is 12.7. The summed E-state index contributed by atoms with van der Waals surface area (Å²) in [6, 6.07) is 10.3. The van der Waals surface area contributed by atoms with Crippen LogP contribution in [0.25, 0.3) is 11.1 Å². The van der Waals surface area contributed by atoms with Crippen molar-refractivity contribution in [3.05, 3.63) is 48.0 Å². The van der Waals surface area contributed by atoms with Crippen LogP contribution in [0.2, 0.25) is 0 Å². The molecule has 0 saturated carbocycles. The molecule has 96 valence electrons. The fraction of sp³-hybridized carbons (Fsp3) is 0.0769. The second-order valence-corrected chi connectivity index (χ2v) is 4.39. The quantitative estimate of drug-likeness (QED) is 0.715. The molecule has 0 radical (unpaired) electrons. The van der Waals surface area contributed by atoms with Gasteiger partial charge in [0.2, 0.25) is 0 Å². The fourth-order valence-corrected chi connectivity index (χ4v) is 2.28. The van der Waals surface area contributed by atoms with Crippen LogP contribution in [-0.2, 0) is 6.18 Å². The summed E-state index contributed by atoms with van der Waals surface area (Å²) in [7, 11) is -0.902. The molecule has 2 N–H and O–H groups in total. The summed E-state index contributed by atoms with van der Waals surface area (Å²) in [4.78, 5) is 0. The number of halogens is 3. The van der Waals surface area contributed by atoms with E-state index in [1.54, 1.807) is 24.3 Å². The standard InChI is InChI=1S/C13H9BF3NO/c15-13(16,17)8-5-6-12-10(7-8)9-3-1-2-4-11(9)14(19)18-12/h1-7,18-19H. The summed E-state index contributed by atoms with van der Waals surface area (Å²) in [5, 5.41) is 12.7. The molecule has 0 atom stereocenters. The van der Waals surface area contributed by atoms with Gasteiger partial charge in [0.15, 0.2) is 0 Å². The van der Waals surface area contributed by atoms with E-state index in [0.29, 0.717) is 22.3 Å². The number of alkyl halides is 3. The van der Waals surface area contributed by atoms with E-state index in [-0.39, 0.29) is 0 Å². The molecule has 0 unspecified atom stereocenters. The SMILES string of the molecule is OB1Nc2ccc(C(F)(F)F)cc2-c2ccccc21. The van der Waals surface area contributed by atoms with Crippen LogP contribution in [0.1, 0.15) is 5.56 Å². The number of rotatable bonds is 0. The molecule has 0 saturated heterocycles. The third-order valence-corrected chi connectivity index (χ3v) is 3.18. The molecule has 19 heavy (non-hydrogen) atoms. The molecule has 0 fully saturated rings. The molecule has 0 amide bonds. The van der Waals surface area contributed by atoms with Gasteiger partial charge >= 0.3 is 13.2 Å². The first kappa shape index (κ1) is 12.1. The molecule has 3 rings (SSSR count). The lowest BCUT2D eigenvalue weighted by atomic mass is 9.67. The highest BCUT2D eigenvalue weighted by Crippen LogP contribution is 2.37. The molecule has 1 aliphatic heterocycles. The molecule has 2 nitrogen and oxygen atoms in total. The molecule has 1 heterocycles. The zero-order chi connectivity index (χ0) is 13.6. The zero-order valence-corrected chi connectivity index (χ0v) is 9.70. The highest BCUT2D eigenvalue weighted by Gasteiger charge is 2.33. The van der Waals surface area contributed by atoms with Crippen molar-refractivity contribution in [1.29, 1.82) is 0 Å². The minimum atomic E-state index is -4.37. The second kappa shape index (κ2) is 4.03. The van der Waals surface area contributed by atoms with Crippen LogP contribution < -0.4 is 10.7 Å². The van der Waals surface area contributed by atoms with E-state index >= 15 is 0 Å². The Morgan fingerprint density at radius 3 is 2.47 bits per heavy atom. The summed E-state index contributed by atoms with van der Waals surface area (Å²) in [6.45, 7) is 0. The molecular weight excluding hydrogens is 254 g/mol. The van der Waals surface area contributed by atoms with Crippen molar-refractivity contribution >= 4 is 18.2 Å². The predicted octanol–water partition coefficient (Wildman–Crippen LogP) is 2.49. The summed E-state index contributed by atoms with van der Waals surface area (Å²) in [5.74, 6) is 0. The first-order valence-corrected chi connectivity index (χ1v) is 5.72. The monoisotopic (exact) mass is 263 g/mol. The molecule has 0 aromatic heterocycles. The van der Waals surface area contributed by atoms with Gasteiger partial charge in [0, 0.05) is 11.3 Å². The minimum absolute atomic E-state index is 0.454. The summed E-state index contributed by atoms with van der Waals surface area (Å²) in [6.07, 6.45) is -4.37. The molecule has 0 aliphatic carbocycles. The Hall–Kier alpha value is -1.95. The van der Waals surface area contributed by atoms with Crippen molar-refractivity contribution in [3.8, 4) is 11.1 Å². The number of anilines is 1. The van der Waals surface area contributed by atoms with Gasteiger partial charge in [-0.1, -0.05) is 24.3 Å². The molecule has 2 aromatic carbocycles. The fourth-order valence-electron chi connectivity index (χ4n) is 2.28. The van der Waals surface area contributed by atoms with Gasteiger partial charge in [0.05, 0.1) is 5.56 Å². The molecule has 2 aromatic rings. The topological polar surface area (TPSA) is 32.3 Å². The van der Waals surface area contributed by atoms with Gasteiger partial charge in [-0.15, -0.1) is 0 Å². The molecule has 0 spiro atoms. The van der Waals surface area contributed by atoms with Crippen LogP contribution in [-0.4, -0.2) is 12.1 Å². The Morgan fingerprint density at radius 2 is 1.74 bits per heavy atom. The van der Waals surface area contributed by atoms with Crippen molar-refractivity contribution in [2.24, 2.45) is 0 Å². The Labute approximate surface area is 108 Å². The van der Waals surface area contributed by atoms with Gasteiger partial charge in [-0.05, 0) is 29.2 Å². The van der Waals surface area contributed by atoms with Gasteiger partial charge in [-0.3, -0.25) is 0 Å². The van der Waals surface area contributed by atoms with Crippen LogP contribution in [0.5, 0.6) is 0 Å². The van der Waals surface area contributed by atoms with Gasteiger partial charge in [-0.25, -0.2) is 0 Å². The van der Waals surface area contributed by atoms with Gasteiger partial charge in [-0.2, -0.15) is 13.2 Å². The van der Waals surface area contributed by atoms with Crippen molar-refractivity contribution < 1.29 is 18.2 Å². The number of hydrogen-bond donors (Lipinski definition) is 2. The van der Waals surface area contributed by atoms with Gasteiger partial charge in [0.1, 0.15) is 0 Å². The number of nitrogens with one attached hydrogen (secondary N) is 1. The first-order chi connectivity index (χ1) is 8.97. The average Bonchev–Trinajstić information content (AvgIpc) is 2.37. The molecule has 0 bridgehead atoms. The van der Waals surface area contributed by atoms with Crippen LogP contribution >= 0.6 is 0 Å². The third-order valence-electron chi connectivity index (χ3n) is 3.18. The van der Waals surface area contributed by atoms with Crippen LogP contribution in [0.15, 0.2) is 42.5 Å². The zero-order valence-electron chi connectivity index (χ0n) is 9.70. The third kappa shape index (κ3) is 1.98. The Balaban J connectivity index is 2.21. The maximum Gasteiger partial charge on any atom is 0.447 e. The number of benzene rings is 2. The maximum atomic E-state index is 12.7. The molecule has 6 heteroatoms. The van der Waals surface area contributed by atoms with E-state index in [2.05, 4.69) is 5.23 Å². The highest BCUT2D eigenvalue weighted by molar-refractivity contribution is 6.72. The average molecular weight is 263 g/mol. The van der Waals surface area contributed by atoms with Crippen LogP contribution in [0.4, 0.5) is 18.9 Å². The summed E-state index contributed by atoms with van der Waals surface area (Å²) < 4.78 is 38.2. The Bertz CT molecular complexity index is 642. The molecular formula is C13H9BF3NO. The van der Waals surface area contributed by atoms with E-state index in [4.69, 9.17) is 0 Å². The van der Waals surface area contributed by atoms with E-state index in [0.717, 1.165) is 12.1 Å². The van der Waals surface area contributed by atoms with E-state index in [1.165, 1.54) is 6.07 Å². The van der Waals surface area contributed by atoms with Crippen molar-refractivity contribution in [3.63, 3.8) is 0 Å². The summed E-state index contributed by atoms with van der Waals surface area (Å²) >= 11 is 0. The van der Waals surface area contributed by atoms with Gasteiger partial charge in [0.25, 0.3) is 0 Å². The van der Waals surface area contributed by atoms with Crippen molar-refractivity contribution in [2.75, 3.05) is 5.23 Å². The highest BCUT2D eigenvalue weighted by atomic mass is 19.4. The lowest BCUT2D eigenvalue weighted by Crippen LogP contribution is -2.42. The largest absolute Gasteiger partial charge is 0.447 e. The Kier molecular flexibility index (Phi) is 2.57.